The lowest BCUT2D eigenvalue weighted by atomic mass is 9.81. The van der Waals surface area contributed by atoms with Gasteiger partial charge in [0.1, 0.15) is 0 Å². The summed E-state index contributed by atoms with van der Waals surface area (Å²) in [6.45, 7) is 13.0. The van der Waals surface area contributed by atoms with Crippen LogP contribution < -0.4 is 21.1 Å². The summed E-state index contributed by atoms with van der Waals surface area (Å²) in [5.41, 5.74) is 12.9. The number of guanidine groups is 1. The molecule has 0 aliphatic rings. The van der Waals surface area contributed by atoms with E-state index < -0.39 is 10.0 Å². The molecule has 0 radical (unpaired) electrons. The van der Waals surface area contributed by atoms with Crippen LogP contribution in [0.2, 0.25) is 0 Å². The second kappa shape index (κ2) is 10.0. The van der Waals surface area contributed by atoms with Gasteiger partial charge < -0.3 is 16.8 Å². The molecular formula is C25H37N5O3S. The third-order valence-electron chi connectivity index (χ3n) is 5.48. The van der Waals surface area contributed by atoms with Crippen molar-refractivity contribution in [3.8, 4) is 0 Å². The minimum Gasteiger partial charge on any atom is -0.370 e. The quantitative estimate of drug-likeness (QED) is 0.314. The number of carbonyl (C=O) groups is 1. The van der Waals surface area contributed by atoms with Crippen LogP contribution >= 0.6 is 0 Å². The number of nitrogens with one attached hydrogen (secondary N) is 1. The molecule has 8 nitrogen and oxygen atoms in total. The van der Waals surface area contributed by atoms with Crippen molar-refractivity contribution in [2.75, 3.05) is 24.4 Å². The summed E-state index contributed by atoms with van der Waals surface area (Å²) in [5.74, 6) is -0.332. The second-order valence-electron chi connectivity index (χ2n) is 10.3. The summed E-state index contributed by atoms with van der Waals surface area (Å²) in [7, 11) is -2.31. The van der Waals surface area contributed by atoms with Crippen LogP contribution in [-0.4, -0.2) is 40.4 Å². The second-order valence-corrected chi connectivity index (χ2v) is 12.3. The van der Waals surface area contributed by atoms with Crippen molar-refractivity contribution in [3.63, 3.8) is 0 Å². The third-order valence-corrected chi connectivity index (χ3v) is 7.25. The summed E-state index contributed by atoms with van der Waals surface area (Å²) in [6.07, 6.45) is 0. The highest BCUT2D eigenvalue weighted by Crippen LogP contribution is 2.33. The number of hydrogen-bond donors (Lipinski definition) is 3. The fraction of sp³-hybridized carbons (Fsp3) is 0.440. The number of benzene rings is 2. The number of hydrogen-bond acceptors (Lipinski definition) is 4. The number of rotatable bonds is 7. The summed E-state index contributed by atoms with van der Waals surface area (Å²) < 4.78 is 28.3. The number of anilines is 1. The van der Waals surface area contributed by atoms with Gasteiger partial charge >= 0.3 is 0 Å². The maximum Gasteiger partial charge on any atom is 0.264 e. The maximum absolute atomic E-state index is 13.6. The largest absolute Gasteiger partial charge is 0.370 e. The lowest BCUT2D eigenvalue weighted by Crippen LogP contribution is -2.29. The zero-order valence-electron chi connectivity index (χ0n) is 21.1. The molecule has 0 saturated heterocycles. The number of amides is 1. The molecule has 1 amide bonds. The zero-order valence-corrected chi connectivity index (χ0v) is 22.0. The molecule has 186 valence electrons. The van der Waals surface area contributed by atoms with E-state index in [1.807, 2.05) is 0 Å². The monoisotopic (exact) mass is 487 g/mol. The minimum absolute atomic E-state index is 0.0366. The van der Waals surface area contributed by atoms with E-state index in [1.54, 1.807) is 36.4 Å². The van der Waals surface area contributed by atoms with E-state index in [1.165, 1.54) is 11.4 Å². The van der Waals surface area contributed by atoms with E-state index in [-0.39, 0.29) is 40.7 Å². The molecule has 0 aliphatic heterocycles. The van der Waals surface area contributed by atoms with Crippen LogP contribution in [0.15, 0.2) is 52.4 Å². The van der Waals surface area contributed by atoms with Gasteiger partial charge in [0.25, 0.3) is 15.9 Å². The standard InChI is InChI=1S/C25H37N5O3S/c1-24(2,3)18-14-19(25(4,5)6)16-21(15-18)34(32,33)30(7)20-10-8-17(9-11-20)22(31)28-12-13-29-23(26)27/h8-11,14-16H,12-13H2,1-7H3,(H,28,31)(H4,26,27,29). The zero-order chi connectivity index (χ0) is 25.9. The number of nitrogens with two attached hydrogens (primary N) is 2. The van der Waals surface area contributed by atoms with Gasteiger partial charge in [-0.15, -0.1) is 0 Å². The minimum atomic E-state index is -3.82. The Kier molecular flexibility index (Phi) is 8.03. The first kappa shape index (κ1) is 27.2. The van der Waals surface area contributed by atoms with Crippen LogP contribution in [0, 0.1) is 0 Å². The molecule has 2 rings (SSSR count). The van der Waals surface area contributed by atoms with Gasteiger partial charge in [0.05, 0.1) is 17.1 Å². The van der Waals surface area contributed by atoms with Gasteiger partial charge in [-0.05, 0) is 58.4 Å². The van der Waals surface area contributed by atoms with Crippen LogP contribution in [0.4, 0.5) is 5.69 Å². The van der Waals surface area contributed by atoms with Gasteiger partial charge in [0, 0.05) is 19.2 Å². The Morgan fingerprint density at radius 1 is 0.941 bits per heavy atom. The topological polar surface area (TPSA) is 131 Å². The van der Waals surface area contributed by atoms with Gasteiger partial charge in [-0.25, -0.2) is 8.42 Å². The molecule has 34 heavy (non-hydrogen) atoms. The molecule has 0 aliphatic carbocycles. The maximum atomic E-state index is 13.6. The molecule has 9 heteroatoms. The van der Waals surface area contributed by atoms with Crippen molar-refractivity contribution >= 4 is 27.6 Å². The molecule has 0 bridgehead atoms. The highest BCUT2D eigenvalue weighted by molar-refractivity contribution is 7.92. The normalized spacial score (nSPS) is 12.2. The predicted octanol–water partition coefficient (Wildman–Crippen LogP) is 3.11. The molecule has 0 spiro atoms. The molecule has 0 aromatic heterocycles. The summed E-state index contributed by atoms with van der Waals surface area (Å²) in [5, 5.41) is 2.71. The first-order chi connectivity index (χ1) is 15.5. The van der Waals surface area contributed by atoms with E-state index in [0.29, 0.717) is 11.3 Å². The van der Waals surface area contributed by atoms with Crippen LogP contribution in [0.1, 0.15) is 63.0 Å². The number of nitrogens with zero attached hydrogens (tertiary/aromatic N) is 2. The van der Waals surface area contributed by atoms with Gasteiger partial charge in [-0.1, -0.05) is 47.6 Å². The molecule has 0 fully saturated rings. The first-order valence-corrected chi connectivity index (χ1v) is 12.6. The molecular weight excluding hydrogens is 450 g/mol. The molecule has 0 unspecified atom stereocenters. The van der Waals surface area contributed by atoms with Crippen LogP contribution in [0.25, 0.3) is 0 Å². The van der Waals surface area contributed by atoms with Gasteiger partial charge in [0.2, 0.25) is 0 Å². The highest BCUT2D eigenvalue weighted by Gasteiger charge is 2.27. The van der Waals surface area contributed by atoms with E-state index >= 15 is 0 Å². The van der Waals surface area contributed by atoms with Crippen molar-refractivity contribution in [3.05, 3.63) is 59.2 Å². The Hall–Kier alpha value is -3.07. The first-order valence-electron chi connectivity index (χ1n) is 11.1. The third kappa shape index (κ3) is 6.72. The predicted molar refractivity (Wildman–Crippen MR) is 139 cm³/mol. The Morgan fingerprint density at radius 2 is 1.44 bits per heavy atom. The Bertz CT molecular complexity index is 1120. The fourth-order valence-corrected chi connectivity index (χ4v) is 4.46. The van der Waals surface area contributed by atoms with E-state index in [2.05, 4.69) is 57.9 Å². The summed E-state index contributed by atoms with van der Waals surface area (Å²) in [4.78, 5) is 16.4. The average Bonchev–Trinajstić information content (AvgIpc) is 2.74. The van der Waals surface area contributed by atoms with E-state index in [4.69, 9.17) is 11.5 Å². The molecule has 0 heterocycles. The average molecular weight is 488 g/mol. The van der Waals surface area contributed by atoms with Crippen molar-refractivity contribution in [2.24, 2.45) is 16.5 Å². The Labute approximate surface area is 203 Å². The highest BCUT2D eigenvalue weighted by atomic mass is 32.2. The van der Waals surface area contributed by atoms with Gasteiger partial charge in [-0.3, -0.25) is 14.1 Å². The van der Waals surface area contributed by atoms with Gasteiger partial charge in [0.15, 0.2) is 5.96 Å². The van der Waals surface area contributed by atoms with Gasteiger partial charge in [-0.2, -0.15) is 0 Å². The lowest BCUT2D eigenvalue weighted by molar-refractivity contribution is 0.0955. The van der Waals surface area contributed by atoms with E-state index in [0.717, 1.165) is 11.1 Å². The number of sulfonamides is 1. The SMILES string of the molecule is CN(c1ccc(C(=O)NCCN=C(N)N)cc1)S(=O)(=O)c1cc(C(C)(C)C)cc(C(C)(C)C)c1. The van der Waals surface area contributed by atoms with Crippen molar-refractivity contribution < 1.29 is 13.2 Å². The molecule has 0 atom stereocenters. The number of aliphatic imine (C=N–C) groups is 1. The fourth-order valence-electron chi connectivity index (χ4n) is 3.19. The van der Waals surface area contributed by atoms with Crippen molar-refractivity contribution in [2.45, 2.75) is 57.3 Å². The lowest BCUT2D eigenvalue weighted by Gasteiger charge is -2.27. The van der Waals surface area contributed by atoms with Crippen LogP contribution in [0.3, 0.4) is 0 Å². The summed E-state index contributed by atoms with van der Waals surface area (Å²) >= 11 is 0. The van der Waals surface area contributed by atoms with E-state index in [9.17, 15) is 13.2 Å². The van der Waals surface area contributed by atoms with Crippen molar-refractivity contribution in [1.82, 2.24) is 5.32 Å². The van der Waals surface area contributed by atoms with Crippen LogP contribution in [0.5, 0.6) is 0 Å². The molecule has 2 aromatic carbocycles. The number of carbonyl (C=O) groups excluding carboxylic acids is 1. The summed E-state index contributed by atoms with van der Waals surface area (Å²) in [6, 6.07) is 12.0. The molecule has 5 N–H and O–H groups in total. The van der Waals surface area contributed by atoms with Crippen molar-refractivity contribution in [1.29, 1.82) is 0 Å². The smallest absolute Gasteiger partial charge is 0.264 e. The molecule has 0 saturated carbocycles. The molecule has 2 aromatic rings. The Morgan fingerprint density at radius 3 is 1.88 bits per heavy atom. The van der Waals surface area contributed by atoms with Crippen LogP contribution in [-0.2, 0) is 20.9 Å². The Balaban J connectivity index is 2.32.